The highest BCUT2D eigenvalue weighted by Crippen LogP contribution is 2.31. The van der Waals surface area contributed by atoms with E-state index in [1.165, 1.54) is 36.4 Å². The fourth-order valence-corrected chi connectivity index (χ4v) is 4.89. The highest BCUT2D eigenvalue weighted by Gasteiger charge is 2.40. The summed E-state index contributed by atoms with van der Waals surface area (Å²) >= 11 is 0. The van der Waals surface area contributed by atoms with Crippen LogP contribution in [0.2, 0.25) is 0 Å². The second-order valence-corrected chi connectivity index (χ2v) is 14.4. The maximum atomic E-state index is 13.4. The van der Waals surface area contributed by atoms with E-state index in [0.717, 1.165) is 25.7 Å². The van der Waals surface area contributed by atoms with Crippen LogP contribution in [0.25, 0.3) is 0 Å². The molecule has 0 spiro atoms. The van der Waals surface area contributed by atoms with Crippen molar-refractivity contribution in [2.24, 2.45) is 22.9 Å². The van der Waals surface area contributed by atoms with Crippen LogP contribution < -0.4 is 44.2 Å². The first-order chi connectivity index (χ1) is 33.8. The Morgan fingerprint density at radius 2 is 0.716 bits per heavy atom. The fraction of sp³-hybridized carbons (Fsp3) is 0.450. The summed E-state index contributed by atoms with van der Waals surface area (Å²) in [5, 5.41) is 39.1. The van der Waals surface area contributed by atoms with Gasteiger partial charge in [0, 0.05) is 59.6 Å². The summed E-state index contributed by atoms with van der Waals surface area (Å²) in [5.74, 6) is -13.3. The summed E-state index contributed by atoms with van der Waals surface area (Å²) in [4.78, 5) is 111. The van der Waals surface area contributed by atoms with Gasteiger partial charge >= 0.3 is 48.6 Å². The van der Waals surface area contributed by atoms with Gasteiger partial charge in [0.05, 0.1) is 12.1 Å². The van der Waals surface area contributed by atoms with Crippen LogP contribution in [0.5, 0.6) is 0 Å². The Hall–Kier alpha value is -7.46. The number of carbonyl (C=O) groups excluding carboxylic acids is 6. The number of halogens is 12. The van der Waals surface area contributed by atoms with E-state index in [1.807, 2.05) is 0 Å². The van der Waals surface area contributed by atoms with Crippen LogP contribution in [0.1, 0.15) is 83.2 Å². The summed E-state index contributed by atoms with van der Waals surface area (Å²) in [7, 11) is 0. The molecule has 416 valence electrons. The zero-order valence-electron chi connectivity index (χ0n) is 37.8. The molecule has 0 aliphatic heterocycles. The number of nitrogens with two attached hydrogens (primary N) is 4. The van der Waals surface area contributed by atoms with Crippen molar-refractivity contribution in [3.05, 3.63) is 58.7 Å². The molecule has 0 saturated carbocycles. The molecule has 0 unspecified atom stereocenters. The standard InChI is InChI=1S/C32H44N8O6.4C2HF3O2/c33-13-3-1-5-25(35)31(45)37-15-11-27(41)39-19-7-9-21-23(17-19)30(44)24-18-20(8-10-22(24)29(21)43)40-28(42)12-16-38-32(46)26(36)6-2-4-14-34;4*3-2(4,5)1(6)7/h7-10,17-18,25-26H,1-6,11-16,33-36H2,(H,37,45)(H,38,46)(H,39,41)(H,40,42);4*(H,6,7)/t25-,26-;;;;/m0..../s1. The molecule has 74 heavy (non-hydrogen) atoms. The van der Waals surface area contributed by atoms with Crippen molar-refractivity contribution in [3.8, 4) is 0 Å². The van der Waals surface area contributed by atoms with Crippen molar-refractivity contribution in [2.45, 2.75) is 88.2 Å². The molecule has 0 fully saturated rings. The Balaban J connectivity index is 0. The largest absolute Gasteiger partial charge is 0.490 e. The molecule has 0 bridgehead atoms. The number of hydrogen-bond donors (Lipinski definition) is 12. The molecular formula is C40H48F12N8O14. The van der Waals surface area contributed by atoms with Gasteiger partial charge in [0.25, 0.3) is 0 Å². The zero-order chi connectivity index (χ0) is 57.9. The number of carbonyl (C=O) groups is 10. The monoisotopic (exact) mass is 1090 g/mol. The lowest BCUT2D eigenvalue weighted by Crippen LogP contribution is -2.41. The number of benzene rings is 2. The first-order valence-electron chi connectivity index (χ1n) is 20.5. The molecule has 16 N–H and O–H groups in total. The van der Waals surface area contributed by atoms with E-state index in [4.69, 9.17) is 62.5 Å². The summed E-state index contributed by atoms with van der Waals surface area (Å²) < 4.78 is 127. The van der Waals surface area contributed by atoms with Gasteiger partial charge in [-0.05, 0) is 75.2 Å². The van der Waals surface area contributed by atoms with Gasteiger partial charge in [0.2, 0.25) is 23.6 Å². The van der Waals surface area contributed by atoms with Gasteiger partial charge in [0.15, 0.2) is 11.6 Å². The molecule has 0 saturated heterocycles. The Kier molecular flexibility index (Phi) is 29.6. The third kappa shape index (κ3) is 28.0. The number of amides is 4. The van der Waals surface area contributed by atoms with Crippen molar-refractivity contribution in [1.29, 1.82) is 0 Å². The van der Waals surface area contributed by atoms with Crippen LogP contribution in [0, 0.1) is 0 Å². The number of alkyl halides is 12. The van der Waals surface area contributed by atoms with Gasteiger partial charge in [-0.3, -0.25) is 28.8 Å². The summed E-state index contributed by atoms with van der Waals surface area (Å²) in [6.45, 7) is 1.21. The van der Waals surface area contributed by atoms with Crippen molar-refractivity contribution < 1.29 is 121 Å². The molecular weight excluding hydrogens is 1040 g/mol. The second kappa shape index (κ2) is 31.9. The van der Waals surface area contributed by atoms with Crippen molar-refractivity contribution >= 4 is 70.4 Å². The van der Waals surface area contributed by atoms with Crippen molar-refractivity contribution in [2.75, 3.05) is 36.8 Å². The number of unbranched alkanes of at least 4 members (excludes halogenated alkanes) is 2. The number of aliphatic carboxylic acids is 4. The number of fused-ring (bicyclic) bond motifs is 2. The third-order valence-corrected chi connectivity index (χ3v) is 8.47. The lowest BCUT2D eigenvalue weighted by molar-refractivity contribution is -0.193. The number of anilines is 2. The number of ketones is 2. The summed E-state index contributed by atoms with van der Waals surface area (Å²) in [5.41, 5.74) is 23.8. The fourth-order valence-electron chi connectivity index (χ4n) is 4.89. The molecule has 1 aliphatic carbocycles. The highest BCUT2D eigenvalue weighted by molar-refractivity contribution is 6.29. The molecule has 2 atom stereocenters. The number of hydrogen-bond acceptors (Lipinski definition) is 14. The van der Waals surface area contributed by atoms with Gasteiger partial charge < -0.3 is 64.6 Å². The normalized spacial score (nSPS) is 12.5. The minimum atomic E-state index is -5.08. The minimum Gasteiger partial charge on any atom is -0.475 e. The van der Waals surface area contributed by atoms with Gasteiger partial charge in [-0.2, -0.15) is 52.7 Å². The molecule has 22 nitrogen and oxygen atoms in total. The number of nitrogens with one attached hydrogen (secondary N) is 4. The quantitative estimate of drug-likeness (QED) is 0.0643. The number of carboxylic acids is 4. The van der Waals surface area contributed by atoms with E-state index < -0.39 is 78.3 Å². The van der Waals surface area contributed by atoms with Gasteiger partial charge in [0.1, 0.15) is 0 Å². The van der Waals surface area contributed by atoms with E-state index in [-0.39, 0.29) is 65.8 Å². The third-order valence-electron chi connectivity index (χ3n) is 8.47. The first kappa shape index (κ1) is 68.6. The van der Waals surface area contributed by atoms with Crippen LogP contribution in [-0.4, -0.2) is 142 Å². The van der Waals surface area contributed by atoms with Crippen LogP contribution >= 0.6 is 0 Å². The average molecular weight is 1090 g/mol. The Bertz CT molecular complexity index is 2080. The van der Waals surface area contributed by atoms with Crippen LogP contribution in [-0.2, 0) is 38.4 Å². The van der Waals surface area contributed by atoms with E-state index in [0.29, 0.717) is 37.3 Å². The van der Waals surface area contributed by atoms with Crippen molar-refractivity contribution in [3.63, 3.8) is 0 Å². The van der Waals surface area contributed by atoms with Crippen molar-refractivity contribution in [1.82, 2.24) is 10.6 Å². The predicted octanol–water partition coefficient (Wildman–Crippen LogP) is 2.80. The van der Waals surface area contributed by atoms with E-state index in [9.17, 15) is 81.5 Å². The van der Waals surface area contributed by atoms with Crippen LogP contribution in [0.15, 0.2) is 36.4 Å². The van der Waals surface area contributed by atoms with E-state index in [1.54, 1.807) is 0 Å². The summed E-state index contributed by atoms with van der Waals surface area (Å²) in [6.07, 6.45) is -16.4. The minimum absolute atomic E-state index is 0.0254. The van der Waals surface area contributed by atoms with E-state index in [2.05, 4.69) is 21.3 Å². The van der Waals surface area contributed by atoms with Crippen LogP contribution in [0.3, 0.4) is 0 Å². The lowest BCUT2D eigenvalue weighted by Gasteiger charge is -2.19. The van der Waals surface area contributed by atoms with Gasteiger partial charge in [-0.15, -0.1) is 0 Å². The van der Waals surface area contributed by atoms with Crippen LogP contribution in [0.4, 0.5) is 64.1 Å². The molecule has 0 heterocycles. The van der Waals surface area contributed by atoms with Gasteiger partial charge in [-0.25, -0.2) is 19.2 Å². The number of carboxylic acid groups (broad SMARTS) is 4. The molecule has 4 amide bonds. The maximum Gasteiger partial charge on any atom is 0.490 e. The smallest absolute Gasteiger partial charge is 0.475 e. The zero-order valence-corrected chi connectivity index (χ0v) is 37.8. The molecule has 2 aromatic carbocycles. The predicted molar refractivity (Wildman–Crippen MR) is 229 cm³/mol. The topological polar surface area (TPSA) is 404 Å². The molecule has 2 aromatic rings. The highest BCUT2D eigenvalue weighted by atomic mass is 19.4. The average Bonchev–Trinajstić information content (AvgIpc) is 3.27. The second-order valence-electron chi connectivity index (χ2n) is 14.4. The molecule has 1 aliphatic rings. The maximum absolute atomic E-state index is 13.4. The Morgan fingerprint density at radius 1 is 0.459 bits per heavy atom. The molecule has 3 rings (SSSR count). The Morgan fingerprint density at radius 3 is 0.959 bits per heavy atom. The lowest BCUT2D eigenvalue weighted by atomic mass is 9.83. The summed E-state index contributed by atoms with van der Waals surface area (Å²) in [6, 6.07) is 7.51. The first-order valence-corrected chi connectivity index (χ1v) is 20.5. The molecule has 0 aromatic heterocycles. The molecule has 34 heteroatoms. The van der Waals surface area contributed by atoms with Gasteiger partial charge in [-0.1, -0.05) is 12.8 Å². The number of rotatable bonds is 18. The molecule has 0 radical (unpaired) electrons. The van der Waals surface area contributed by atoms with E-state index >= 15 is 0 Å². The Labute approximate surface area is 408 Å². The SMILES string of the molecule is NCCCC[C@H](N)C(=O)NCCC(=O)Nc1ccc2c(c1)C(=O)c1cc(NC(=O)CCNC(=O)[C@@H](N)CCCCN)ccc1C2=O.O=C(O)C(F)(F)F.O=C(O)C(F)(F)F.O=C(O)C(F)(F)F.O=C(O)C(F)(F)F.